The number of hydrogen-bond donors (Lipinski definition) is 0. The smallest absolute Gasteiger partial charge is 0.00718 e. The summed E-state index contributed by atoms with van der Waals surface area (Å²) in [4.78, 5) is 2.67. The van der Waals surface area contributed by atoms with Crippen molar-refractivity contribution in [2.75, 3.05) is 25.0 Å². The van der Waals surface area contributed by atoms with Crippen LogP contribution in [-0.4, -0.2) is 29.9 Å². The number of halogens is 1. The highest BCUT2D eigenvalue weighted by molar-refractivity contribution is 9.09. The first-order valence-corrected chi connectivity index (χ1v) is 7.57. The molecule has 0 amide bonds. The van der Waals surface area contributed by atoms with Gasteiger partial charge in [0.05, 0.1) is 0 Å². The van der Waals surface area contributed by atoms with Crippen LogP contribution in [0.25, 0.3) is 0 Å². The third kappa shape index (κ3) is 4.44. The highest BCUT2D eigenvalue weighted by Gasteiger charge is 2.23. The summed E-state index contributed by atoms with van der Waals surface area (Å²) in [5.41, 5.74) is 0. The second-order valence-corrected chi connectivity index (χ2v) is 5.96. The molecule has 1 rings (SSSR count). The number of piperidine rings is 1. The normalized spacial score (nSPS) is 30.4. The lowest BCUT2D eigenvalue weighted by Gasteiger charge is -2.36. The predicted octanol–water partition coefficient (Wildman–Crippen LogP) is 3.78. The van der Waals surface area contributed by atoms with Gasteiger partial charge in [0.15, 0.2) is 0 Å². The van der Waals surface area contributed by atoms with Crippen LogP contribution in [0.5, 0.6) is 0 Å². The van der Waals surface area contributed by atoms with E-state index in [0.717, 1.165) is 17.8 Å². The van der Waals surface area contributed by atoms with Crippen molar-refractivity contribution in [1.29, 1.82) is 0 Å². The first kappa shape index (κ1) is 13.5. The number of nitrogens with zero attached hydrogens (tertiary/aromatic N) is 1. The van der Waals surface area contributed by atoms with Gasteiger partial charge in [-0.05, 0) is 37.1 Å². The van der Waals surface area contributed by atoms with E-state index < -0.39 is 0 Å². The largest absolute Gasteiger partial charge is 0.303 e. The van der Waals surface area contributed by atoms with Gasteiger partial charge in [-0.2, -0.15) is 0 Å². The molecular formula is C13H26BrN. The molecule has 0 bridgehead atoms. The van der Waals surface area contributed by atoms with Crippen molar-refractivity contribution in [3.05, 3.63) is 0 Å². The lowest BCUT2D eigenvalue weighted by molar-refractivity contribution is 0.122. The minimum absolute atomic E-state index is 0.857. The molecule has 1 heterocycles. The van der Waals surface area contributed by atoms with E-state index in [1.54, 1.807) is 0 Å². The van der Waals surface area contributed by atoms with Gasteiger partial charge in [-0.15, -0.1) is 0 Å². The highest BCUT2D eigenvalue weighted by Crippen LogP contribution is 2.24. The summed E-state index contributed by atoms with van der Waals surface area (Å²) in [7, 11) is 0. The van der Waals surface area contributed by atoms with Gasteiger partial charge in [-0.3, -0.25) is 0 Å². The molecule has 15 heavy (non-hydrogen) atoms. The van der Waals surface area contributed by atoms with Crippen molar-refractivity contribution in [3.63, 3.8) is 0 Å². The van der Waals surface area contributed by atoms with Crippen molar-refractivity contribution >= 4 is 15.9 Å². The third-order valence-electron chi connectivity index (χ3n) is 3.85. The molecule has 1 aliphatic heterocycles. The second kappa shape index (κ2) is 6.90. The molecule has 90 valence electrons. The van der Waals surface area contributed by atoms with Gasteiger partial charge >= 0.3 is 0 Å². The molecule has 1 fully saturated rings. The van der Waals surface area contributed by atoms with Crippen LogP contribution < -0.4 is 0 Å². The van der Waals surface area contributed by atoms with E-state index in [-0.39, 0.29) is 0 Å². The highest BCUT2D eigenvalue weighted by atomic mass is 79.9. The summed E-state index contributed by atoms with van der Waals surface area (Å²) in [5.74, 6) is 2.67. The zero-order valence-electron chi connectivity index (χ0n) is 10.5. The zero-order valence-corrected chi connectivity index (χ0v) is 12.1. The first-order valence-electron chi connectivity index (χ1n) is 6.45. The SMILES string of the molecule is CCCC(CBr)CN1CCC(C)C(C)C1. The van der Waals surface area contributed by atoms with Gasteiger partial charge in [0, 0.05) is 18.4 Å². The maximum atomic E-state index is 3.64. The quantitative estimate of drug-likeness (QED) is 0.691. The molecule has 2 heteroatoms. The molecule has 0 N–H and O–H groups in total. The Kier molecular flexibility index (Phi) is 6.21. The van der Waals surface area contributed by atoms with Crippen molar-refractivity contribution in [1.82, 2.24) is 4.90 Å². The first-order chi connectivity index (χ1) is 7.17. The van der Waals surface area contributed by atoms with Crippen LogP contribution in [0, 0.1) is 17.8 Å². The molecule has 0 aromatic heterocycles. The fraction of sp³-hybridized carbons (Fsp3) is 1.00. The lowest BCUT2D eigenvalue weighted by atomic mass is 9.88. The van der Waals surface area contributed by atoms with E-state index >= 15 is 0 Å². The molecular weight excluding hydrogens is 250 g/mol. The molecule has 1 aliphatic rings. The Morgan fingerprint density at radius 1 is 1.33 bits per heavy atom. The number of rotatable bonds is 5. The predicted molar refractivity (Wildman–Crippen MR) is 71.6 cm³/mol. The Labute approximate surface area is 104 Å². The molecule has 1 saturated heterocycles. The summed E-state index contributed by atoms with van der Waals surface area (Å²) in [5, 5.41) is 1.17. The van der Waals surface area contributed by atoms with Crippen LogP contribution in [-0.2, 0) is 0 Å². The van der Waals surface area contributed by atoms with Gasteiger partial charge in [0.1, 0.15) is 0 Å². The Morgan fingerprint density at radius 2 is 2.07 bits per heavy atom. The van der Waals surface area contributed by atoms with E-state index in [4.69, 9.17) is 0 Å². The minimum atomic E-state index is 0.857. The van der Waals surface area contributed by atoms with Gasteiger partial charge in [0.2, 0.25) is 0 Å². The molecule has 0 aliphatic carbocycles. The van der Waals surface area contributed by atoms with E-state index in [1.807, 2.05) is 0 Å². The second-order valence-electron chi connectivity index (χ2n) is 5.31. The van der Waals surface area contributed by atoms with Gasteiger partial charge in [0.25, 0.3) is 0 Å². The lowest BCUT2D eigenvalue weighted by Crippen LogP contribution is -2.41. The van der Waals surface area contributed by atoms with Crippen molar-refractivity contribution in [2.24, 2.45) is 17.8 Å². The Morgan fingerprint density at radius 3 is 2.60 bits per heavy atom. The average Bonchev–Trinajstić information content (AvgIpc) is 2.23. The number of likely N-dealkylation sites (tertiary alicyclic amines) is 1. The van der Waals surface area contributed by atoms with Gasteiger partial charge < -0.3 is 4.90 Å². The number of alkyl halides is 1. The molecule has 3 unspecified atom stereocenters. The van der Waals surface area contributed by atoms with Crippen LogP contribution in [0.1, 0.15) is 40.0 Å². The van der Waals surface area contributed by atoms with Gasteiger partial charge in [-0.25, -0.2) is 0 Å². The molecule has 0 aromatic rings. The molecule has 0 spiro atoms. The topological polar surface area (TPSA) is 3.24 Å². The molecule has 1 nitrogen and oxygen atoms in total. The summed E-state index contributed by atoms with van der Waals surface area (Å²) >= 11 is 3.64. The van der Waals surface area contributed by atoms with Crippen molar-refractivity contribution < 1.29 is 0 Å². The van der Waals surface area contributed by atoms with E-state index in [1.165, 1.54) is 44.2 Å². The maximum absolute atomic E-state index is 3.64. The van der Waals surface area contributed by atoms with Crippen LogP contribution in [0.15, 0.2) is 0 Å². The molecule has 0 radical (unpaired) electrons. The Bertz CT molecular complexity index is 172. The van der Waals surface area contributed by atoms with Crippen LogP contribution in [0.3, 0.4) is 0 Å². The third-order valence-corrected chi connectivity index (χ3v) is 4.77. The molecule has 0 saturated carbocycles. The average molecular weight is 276 g/mol. The van der Waals surface area contributed by atoms with E-state index in [0.29, 0.717) is 0 Å². The summed E-state index contributed by atoms with van der Waals surface area (Å²) in [6.07, 6.45) is 4.07. The summed E-state index contributed by atoms with van der Waals surface area (Å²) in [6, 6.07) is 0. The zero-order chi connectivity index (χ0) is 11.3. The van der Waals surface area contributed by atoms with Crippen molar-refractivity contribution in [3.8, 4) is 0 Å². The Hall–Kier alpha value is 0.440. The van der Waals surface area contributed by atoms with Crippen LogP contribution >= 0.6 is 15.9 Å². The Balaban J connectivity index is 2.31. The summed E-state index contributed by atoms with van der Waals surface area (Å²) in [6.45, 7) is 11.0. The molecule has 0 aromatic carbocycles. The summed E-state index contributed by atoms with van der Waals surface area (Å²) < 4.78 is 0. The maximum Gasteiger partial charge on any atom is 0.00718 e. The fourth-order valence-electron chi connectivity index (χ4n) is 2.51. The minimum Gasteiger partial charge on any atom is -0.303 e. The molecule has 3 atom stereocenters. The number of hydrogen-bond acceptors (Lipinski definition) is 1. The van der Waals surface area contributed by atoms with Crippen LogP contribution in [0.2, 0.25) is 0 Å². The van der Waals surface area contributed by atoms with Crippen LogP contribution in [0.4, 0.5) is 0 Å². The van der Waals surface area contributed by atoms with E-state index in [9.17, 15) is 0 Å². The van der Waals surface area contributed by atoms with E-state index in [2.05, 4.69) is 41.6 Å². The standard InChI is InChI=1S/C13H26BrN/c1-4-5-13(8-14)10-15-7-6-11(2)12(3)9-15/h11-13H,4-10H2,1-3H3. The van der Waals surface area contributed by atoms with Gasteiger partial charge in [-0.1, -0.05) is 43.1 Å². The fourth-order valence-corrected chi connectivity index (χ4v) is 3.03. The van der Waals surface area contributed by atoms with Crippen molar-refractivity contribution in [2.45, 2.75) is 40.0 Å². The monoisotopic (exact) mass is 275 g/mol.